The molecule has 0 spiro atoms. The van der Waals surface area contributed by atoms with Gasteiger partial charge in [0, 0.05) is 17.3 Å². The van der Waals surface area contributed by atoms with E-state index in [0.29, 0.717) is 23.1 Å². The van der Waals surface area contributed by atoms with Crippen molar-refractivity contribution in [1.82, 2.24) is 15.5 Å². The van der Waals surface area contributed by atoms with Crippen LogP contribution in [0, 0.1) is 5.82 Å². The highest BCUT2D eigenvalue weighted by Gasteiger charge is 2.08. The number of aromatic nitrogens is 2. The van der Waals surface area contributed by atoms with Crippen LogP contribution in [0.15, 0.2) is 60.7 Å². The standard InChI is InChI=1S/C18H14ClFN4O/c19-13-6-4-12(5-7-13)11-21-18(25)16-8-9-17(24-23-16)22-15-3-1-2-14(20)10-15/h1-10H,11H2,(H,21,25)(H,22,24). The minimum Gasteiger partial charge on any atom is -0.347 e. The highest BCUT2D eigenvalue weighted by Crippen LogP contribution is 2.15. The average Bonchev–Trinajstić information content (AvgIpc) is 2.62. The number of hydrogen-bond donors (Lipinski definition) is 2. The van der Waals surface area contributed by atoms with Crippen LogP contribution in [0.2, 0.25) is 5.02 Å². The first-order chi connectivity index (χ1) is 12.1. The highest BCUT2D eigenvalue weighted by molar-refractivity contribution is 6.30. The van der Waals surface area contributed by atoms with Gasteiger partial charge in [0.1, 0.15) is 5.82 Å². The molecule has 1 heterocycles. The third-order valence-corrected chi connectivity index (χ3v) is 3.61. The molecule has 0 fully saturated rings. The van der Waals surface area contributed by atoms with Crippen molar-refractivity contribution in [1.29, 1.82) is 0 Å². The Hall–Kier alpha value is -2.99. The van der Waals surface area contributed by atoms with E-state index in [4.69, 9.17) is 11.6 Å². The molecular formula is C18H14ClFN4O. The quantitative estimate of drug-likeness (QED) is 0.726. The van der Waals surface area contributed by atoms with E-state index in [1.807, 2.05) is 12.1 Å². The van der Waals surface area contributed by atoms with Gasteiger partial charge in [-0.05, 0) is 48.0 Å². The van der Waals surface area contributed by atoms with Gasteiger partial charge in [-0.25, -0.2) is 4.39 Å². The largest absolute Gasteiger partial charge is 0.347 e. The molecule has 0 aliphatic carbocycles. The predicted molar refractivity (Wildman–Crippen MR) is 94.3 cm³/mol. The maximum absolute atomic E-state index is 13.2. The first kappa shape index (κ1) is 16.9. The Morgan fingerprint density at radius 3 is 2.52 bits per heavy atom. The summed E-state index contributed by atoms with van der Waals surface area (Å²) in [5, 5.41) is 14.1. The number of hydrogen-bond acceptors (Lipinski definition) is 4. The molecule has 0 bridgehead atoms. The zero-order valence-electron chi connectivity index (χ0n) is 13.0. The van der Waals surface area contributed by atoms with Crippen molar-refractivity contribution >= 4 is 29.0 Å². The number of carbonyl (C=O) groups is 1. The van der Waals surface area contributed by atoms with Crippen LogP contribution in [0.4, 0.5) is 15.9 Å². The molecule has 0 aliphatic heterocycles. The zero-order chi connectivity index (χ0) is 17.6. The summed E-state index contributed by atoms with van der Waals surface area (Å²) in [6, 6.07) is 16.3. The minimum absolute atomic E-state index is 0.193. The van der Waals surface area contributed by atoms with Crippen LogP contribution in [0.25, 0.3) is 0 Å². The fourth-order valence-electron chi connectivity index (χ4n) is 2.11. The fraction of sp³-hybridized carbons (Fsp3) is 0.0556. The Bertz CT molecular complexity index is 869. The van der Waals surface area contributed by atoms with Crippen molar-refractivity contribution in [3.63, 3.8) is 0 Å². The Morgan fingerprint density at radius 1 is 1.04 bits per heavy atom. The Balaban J connectivity index is 1.59. The third-order valence-electron chi connectivity index (χ3n) is 3.36. The molecule has 0 atom stereocenters. The van der Waals surface area contributed by atoms with Crippen molar-refractivity contribution in [2.45, 2.75) is 6.54 Å². The summed E-state index contributed by atoms with van der Waals surface area (Å²) in [4.78, 5) is 12.1. The van der Waals surface area contributed by atoms with Crippen LogP contribution in [0.5, 0.6) is 0 Å². The molecular weight excluding hydrogens is 343 g/mol. The summed E-state index contributed by atoms with van der Waals surface area (Å²) in [7, 11) is 0. The molecule has 2 N–H and O–H groups in total. The van der Waals surface area contributed by atoms with Crippen molar-refractivity contribution in [2.75, 3.05) is 5.32 Å². The molecule has 25 heavy (non-hydrogen) atoms. The van der Waals surface area contributed by atoms with E-state index in [1.165, 1.54) is 12.1 Å². The number of amides is 1. The Kier molecular flexibility index (Phi) is 5.20. The van der Waals surface area contributed by atoms with E-state index in [0.717, 1.165) is 5.56 Å². The molecule has 1 amide bonds. The molecule has 0 aliphatic rings. The van der Waals surface area contributed by atoms with Crippen molar-refractivity contribution in [3.8, 4) is 0 Å². The lowest BCUT2D eigenvalue weighted by atomic mass is 10.2. The number of rotatable bonds is 5. The SMILES string of the molecule is O=C(NCc1ccc(Cl)cc1)c1ccc(Nc2cccc(F)c2)nn1. The summed E-state index contributed by atoms with van der Waals surface area (Å²) in [6.07, 6.45) is 0. The number of halogens is 2. The first-order valence-electron chi connectivity index (χ1n) is 7.49. The zero-order valence-corrected chi connectivity index (χ0v) is 13.8. The Labute approximate surface area is 148 Å². The van der Waals surface area contributed by atoms with E-state index in [9.17, 15) is 9.18 Å². The van der Waals surface area contributed by atoms with E-state index in [1.54, 1.807) is 36.4 Å². The molecule has 5 nitrogen and oxygen atoms in total. The van der Waals surface area contributed by atoms with Crippen LogP contribution in [0.3, 0.4) is 0 Å². The predicted octanol–water partition coefficient (Wildman–Crippen LogP) is 3.94. The average molecular weight is 357 g/mol. The fourth-order valence-corrected chi connectivity index (χ4v) is 2.24. The van der Waals surface area contributed by atoms with Gasteiger partial charge in [0.05, 0.1) is 0 Å². The van der Waals surface area contributed by atoms with Gasteiger partial charge in [0.25, 0.3) is 5.91 Å². The lowest BCUT2D eigenvalue weighted by Crippen LogP contribution is -2.24. The summed E-state index contributed by atoms with van der Waals surface area (Å²) in [5.41, 5.74) is 1.67. The maximum atomic E-state index is 13.2. The van der Waals surface area contributed by atoms with Gasteiger partial charge in [0.15, 0.2) is 11.5 Å². The van der Waals surface area contributed by atoms with Gasteiger partial charge in [-0.2, -0.15) is 0 Å². The monoisotopic (exact) mass is 356 g/mol. The number of nitrogens with one attached hydrogen (secondary N) is 2. The third kappa shape index (κ3) is 4.74. The summed E-state index contributed by atoms with van der Waals surface area (Å²) < 4.78 is 13.2. The molecule has 3 rings (SSSR count). The van der Waals surface area contributed by atoms with Crippen LogP contribution in [-0.2, 0) is 6.54 Å². The highest BCUT2D eigenvalue weighted by atomic mass is 35.5. The van der Waals surface area contributed by atoms with Gasteiger partial charge < -0.3 is 10.6 Å². The second-order valence-corrected chi connectivity index (χ2v) is 5.68. The van der Waals surface area contributed by atoms with Gasteiger partial charge in [0.2, 0.25) is 0 Å². The van der Waals surface area contributed by atoms with E-state index < -0.39 is 0 Å². The number of benzene rings is 2. The van der Waals surface area contributed by atoms with E-state index >= 15 is 0 Å². The molecule has 0 unspecified atom stereocenters. The van der Waals surface area contributed by atoms with Crippen molar-refractivity contribution in [3.05, 3.63) is 82.8 Å². The smallest absolute Gasteiger partial charge is 0.272 e. The lowest BCUT2D eigenvalue weighted by Gasteiger charge is -2.07. The van der Waals surface area contributed by atoms with Gasteiger partial charge >= 0.3 is 0 Å². The normalized spacial score (nSPS) is 10.3. The van der Waals surface area contributed by atoms with E-state index in [2.05, 4.69) is 20.8 Å². The second-order valence-electron chi connectivity index (χ2n) is 5.25. The first-order valence-corrected chi connectivity index (χ1v) is 7.87. The van der Waals surface area contributed by atoms with Gasteiger partial charge in [-0.15, -0.1) is 10.2 Å². The van der Waals surface area contributed by atoms with Crippen LogP contribution < -0.4 is 10.6 Å². The van der Waals surface area contributed by atoms with Gasteiger partial charge in [-0.3, -0.25) is 4.79 Å². The molecule has 7 heteroatoms. The molecule has 2 aromatic carbocycles. The van der Waals surface area contributed by atoms with E-state index in [-0.39, 0.29) is 17.4 Å². The molecule has 0 saturated carbocycles. The van der Waals surface area contributed by atoms with Crippen LogP contribution in [-0.4, -0.2) is 16.1 Å². The molecule has 1 aromatic heterocycles. The number of nitrogens with zero attached hydrogens (tertiary/aromatic N) is 2. The Morgan fingerprint density at radius 2 is 1.84 bits per heavy atom. The maximum Gasteiger partial charge on any atom is 0.272 e. The summed E-state index contributed by atoms with van der Waals surface area (Å²) >= 11 is 5.82. The number of carbonyl (C=O) groups excluding carboxylic acids is 1. The van der Waals surface area contributed by atoms with Crippen molar-refractivity contribution < 1.29 is 9.18 Å². The van der Waals surface area contributed by atoms with Crippen molar-refractivity contribution in [2.24, 2.45) is 0 Å². The molecule has 0 radical (unpaired) electrons. The topological polar surface area (TPSA) is 66.9 Å². The molecule has 126 valence electrons. The van der Waals surface area contributed by atoms with Crippen LogP contribution in [0.1, 0.15) is 16.1 Å². The minimum atomic E-state index is -0.351. The number of anilines is 2. The lowest BCUT2D eigenvalue weighted by molar-refractivity contribution is 0.0945. The van der Waals surface area contributed by atoms with Gasteiger partial charge in [-0.1, -0.05) is 29.8 Å². The summed E-state index contributed by atoms with van der Waals surface area (Å²) in [6.45, 7) is 0.362. The molecule has 0 saturated heterocycles. The summed E-state index contributed by atoms with van der Waals surface area (Å²) in [5.74, 6) is -0.268. The van der Waals surface area contributed by atoms with Crippen LogP contribution >= 0.6 is 11.6 Å². The molecule has 3 aromatic rings. The second kappa shape index (κ2) is 7.72.